The van der Waals surface area contributed by atoms with E-state index < -0.39 is 15.9 Å². The molecule has 0 saturated heterocycles. The van der Waals surface area contributed by atoms with Crippen molar-refractivity contribution in [2.24, 2.45) is 0 Å². The fourth-order valence-corrected chi connectivity index (χ4v) is 4.92. The zero-order valence-corrected chi connectivity index (χ0v) is 19.3. The predicted molar refractivity (Wildman–Crippen MR) is 129 cm³/mol. The first kappa shape index (κ1) is 22.7. The van der Waals surface area contributed by atoms with Crippen LogP contribution in [-0.2, 0) is 10.0 Å². The molecule has 0 aliphatic rings. The van der Waals surface area contributed by atoms with E-state index in [9.17, 15) is 13.2 Å². The van der Waals surface area contributed by atoms with Crippen molar-refractivity contribution in [1.82, 2.24) is 10.9 Å². The fourth-order valence-electron chi connectivity index (χ4n) is 2.68. The second-order valence-electron chi connectivity index (χ2n) is 6.89. The summed E-state index contributed by atoms with van der Waals surface area (Å²) >= 11 is 6.31. The van der Waals surface area contributed by atoms with Crippen molar-refractivity contribution in [3.8, 4) is 0 Å². The number of benzene rings is 2. The first-order valence-electron chi connectivity index (χ1n) is 9.39. The van der Waals surface area contributed by atoms with Gasteiger partial charge in [0.2, 0.25) is 0 Å². The Morgan fingerprint density at radius 2 is 1.68 bits per heavy atom. The van der Waals surface area contributed by atoms with Gasteiger partial charge in [-0.1, -0.05) is 44.2 Å². The highest BCUT2D eigenvalue weighted by atomic mass is 32.2. The van der Waals surface area contributed by atoms with Crippen LogP contribution in [0.1, 0.15) is 35.7 Å². The van der Waals surface area contributed by atoms with Crippen molar-refractivity contribution in [1.29, 1.82) is 0 Å². The minimum Gasteiger partial charge on any atom is -0.331 e. The van der Waals surface area contributed by atoms with Crippen LogP contribution in [0.5, 0.6) is 0 Å². The predicted octanol–water partition coefficient (Wildman–Crippen LogP) is 4.30. The Balaban J connectivity index is 1.62. The maximum Gasteiger partial charge on any atom is 0.271 e. The SMILES string of the molecule is CC(C)c1ccc(NC(=S)NNC(=O)c2ccccc2NS(=O)(=O)c2cccs2)cc1. The lowest BCUT2D eigenvalue weighted by atomic mass is 10.0. The number of amides is 1. The van der Waals surface area contributed by atoms with E-state index in [1.165, 1.54) is 23.8 Å². The monoisotopic (exact) mass is 474 g/mol. The second kappa shape index (κ2) is 9.90. The van der Waals surface area contributed by atoms with Crippen LogP contribution in [0.3, 0.4) is 0 Å². The average molecular weight is 475 g/mol. The summed E-state index contributed by atoms with van der Waals surface area (Å²) in [6.45, 7) is 4.23. The molecule has 162 valence electrons. The van der Waals surface area contributed by atoms with E-state index in [4.69, 9.17) is 12.2 Å². The van der Waals surface area contributed by atoms with E-state index in [1.54, 1.807) is 23.6 Å². The van der Waals surface area contributed by atoms with Gasteiger partial charge in [-0.25, -0.2) is 8.42 Å². The van der Waals surface area contributed by atoms with Crippen LogP contribution in [0.15, 0.2) is 70.3 Å². The van der Waals surface area contributed by atoms with Crippen LogP contribution in [0.4, 0.5) is 11.4 Å². The minimum absolute atomic E-state index is 0.152. The largest absolute Gasteiger partial charge is 0.331 e. The second-order valence-corrected chi connectivity index (χ2v) is 10.2. The number of nitrogens with one attached hydrogen (secondary N) is 4. The van der Waals surface area contributed by atoms with Gasteiger partial charge in [-0.3, -0.25) is 20.4 Å². The number of rotatable bonds is 6. The van der Waals surface area contributed by atoms with E-state index in [-0.39, 0.29) is 20.6 Å². The molecule has 1 heterocycles. The Morgan fingerprint density at radius 3 is 2.32 bits per heavy atom. The summed E-state index contributed by atoms with van der Waals surface area (Å²) in [5.74, 6) is -0.112. The molecule has 7 nitrogen and oxygen atoms in total. The molecule has 0 spiro atoms. The summed E-state index contributed by atoms with van der Waals surface area (Å²) in [5.41, 5.74) is 7.42. The number of para-hydroxylation sites is 1. The molecule has 0 atom stereocenters. The highest BCUT2D eigenvalue weighted by molar-refractivity contribution is 7.94. The molecule has 31 heavy (non-hydrogen) atoms. The number of carbonyl (C=O) groups is 1. The highest BCUT2D eigenvalue weighted by Gasteiger charge is 2.19. The highest BCUT2D eigenvalue weighted by Crippen LogP contribution is 2.23. The quantitative estimate of drug-likeness (QED) is 0.314. The number of thiocarbonyl (C=S) groups is 1. The minimum atomic E-state index is -3.78. The lowest BCUT2D eigenvalue weighted by molar-refractivity contribution is 0.0945. The molecule has 0 bridgehead atoms. The van der Waals surface area contributed by atoms with E-state index in [1.807, 2.05) is 24.3 Å². The van der Waals surface area contributed by atoms with Crippen molar-refractivity contribution in [3.63, 3.8) is 0 Å². The Morgan fingerprint density at radius 1 is 0.968 bits per heavy atom. The zero-order chi connectivity index (χ0) is 22.4. The van der Waals surface area contributed by atoms with Gasteiger partial charge in [0.1, 0.15) is 4.21 Å². The van der Waals surface area contributed by atoms with Crippen molar-refractivity contribution < 1.29 is 13.2 Å². The van der Waals surface area contributed by atoms with Gasteiger partial charge in [0, 0.05) is 5.69 Å². The van der Waals surface area contributed by atoms with Crippen LogP contribution >= 0.6 is 23.6 Å². The molecule has 3 aromatic rings. The summed E-state index contributed by atoms with van der Waals surface area (Å²) in [7, 11) is -3.78. The molecular formula is C21H22N4O3S3. The number of thiophene rings is 1. The first-order valence-corrected chi connectivity index (χ1v) is 12.2. The number of anilines is 2. The topological polar surface area (TPSA) is 99.3 Å². The number of carbonyl (C=O) groups excluding carboxylic acids is 1. The molecule has 1 amide bonds. The van der Waals surface area contributed by atoms with E-state index in [2.05, 4.69) is 34.7 Å². The van der Waals surface area contributed by atoms with Crippen LogP contribution in [0, 0.1) is 0 Å². The smallest absolute Gasteiger partial charge is 0.271 e. The van der Waals surface area contributed by atoms with Crippen LogP contribution < -0.4 is 20.9 Å². The van der Waals surface area contributed by atoms with Gasteiger partial charge in [0.25, 0.3) is 15.9 Å². The lowest BCUT2D eigenvalue weighted by Gasteiger charge is -2.14. The Bertz CT molecular complexity index is 1160. The fraction of sp³-hybridized carbons (Fsp3) is 0.143. The number of hydrogen-bond donors (Lipinski definition) is 4. The molecular weight excluding hydrogens is 452 g/mol. The molecule has 0 unspecified atom stereocenters. The molecule has 2 aromatic carbocycles. The van der Waals surface area contributed by atoms with Crippen molar-refractivity contribution in [2.75, 3.05) is 10.0 Å². The maximum absolute atomic E-state index is 12.6. The van der Waals surface area contributed by atoms with E-state index in [0.29, 0.717) is 5.92 Å². The lowest BCUT2D eigenvalue weighted by Crippen LogP contribution is -2.44. The van der Waals surface area contributed by atoms with Gasteiger partial charge in [-0.05, 0) is 59.4 Å². The Labute approximate surface area is 190 Å². The third-order valence-corrected chi connectivity index (χ3v) is 7.27. The van der Waals surface area contributed by atoms with Crippen molar-refractivity contribution in [3.05, 3.63) is 77.2 Å². The molecule has 10 heteroatoms. The summed E-state index contributed by atoms with van der Waals surface area (Å²) in [6, 6.07) is 17.3. The molecule has 0 aliphatic carbocycles. The molecule has 0 aliphatic heterocycles. The third kappa shape index (κ3) is 6.03. The maximum atomic E-state index is 12.6. The zero-order valence-electron chi connectivity index (χ0n) is 16.9. The molecule has 1 aromatic heterocycles. The van der Waals surface area contributed by atoms with Gasteiger partial charge in [-0.2, -0.15) is 0 Å². The van der Waals surface area contributed by atoms with Gasteiger partial charge < -0.3 is 5.32 Å². The standard InChI is InChI=1S/C21H22N4O3S3/c1-14(2)15-9-11-16(12-10-15)22-21(29)24-23-20(26)17-6-3-4-7-18(17)25-31(27,28)19-8-5-13-30-19/h3-14,25H,1-2H3,(H,23,26)(H2,22,24,29). The van der Waals surface area contributed by atoms with E-state index >= 15 is 0 Å². The molecule has 4 N–H and O–H groups in total. The van der Waals surface area contributed by atoms with Gasteiger partial charge in [-0.15, -0.1) is 11.3 Å². The average Bonchev–Trinajstić information content (AvgIpc) is 3.28. The molecule has 0 radical (unpaired) electrons. The van der Waals surface area contributed by atoms with Crippen molar-refractivity contribution >= 4 is 56.0 Å². The Hall–Kier alpha value is -2.95. The molecule has 3 rings (SSSR count). The number of hydrazine groups is 1. The summed E-state index contributed by atoms with van der Waals surface area (Å²) in [5, 5.41) is 4.85. The van der Waals surface area contributed by atoms with E-state index in [0.717, 1.165) is 17.0 Å². The normalized spacial score (nSPS) is 11.1. The third-order valence-electron chi connectivity index (χ3n) is 4.30. The van der Waals surface area contributed by atoms with Gasteiger partial charge in [0.15, 0.2) is 5.11 Å². The van der Waals surface area contributed by atoms with Crippen LogP contribution in [-0.4, -0.2) is 19.4 Å². The van der Waals surface area contributed by atoms with Gasteiger partial charge in [0.05, 0.1) is 11.3 Å². The number of sulfonamides is 1. The van der Waals surface area contributed by atoms with Crippen LogP contribution in [0.25, 0.3) is 0 Å². The summed E-state index contributed by atoms with van der Waals surface area (Å²) in [6.07, 6.45) is 0. The van der Waals surface area contributed by atoms with Crippen molar-refractivity contribution in [2.45, 2.75) is 24.0 Å². The number of hydrogen-bond acceptors (Lipinski definition) is 5. The molecule has 0 saturated carbocycles. The summed E-state index contributed by atoms with van der Waals surface area (Å²) < 4.78 is 27.6. The van der Waals surface area contributed by atoms with Gasteiger partial charge >= 0.3 is 0 Å². The Kier molecular flexibility index (Phi) is 7.26. The van der Waals surface area contributed by atoms with Crippen LogP contribution in [0.2, 0.25) is 0 Å². The first-order chi connectivity index (χ1) is 14.8. The molecule has 0 fully saturated rings. The summed E-state index contributed by atoms with van der Waals surface area (Å²) in [4.78, 5) is 12.6.